The minimum Gasteiger partial charge on any atom is -0.368 e. The lowest BCUT2D eigenvalue weighted by molar-refractivity contribution is -0.124. The van der Waals surface area contributed by atoms with Crippen LogP contribution in [0.4, 0.5) is 4.39 Å². The van der Waals surface area contributed by atoms with Gasteiger partial charge in [0, 0.05) is 13.1 Å². The number of nitrogens with two attached hydrogens (primary N) is 1. The summed E-state index contributed by atoms with van der Waals surface area (Å²) in [6.45, 7) is 7.58. The molecule has 2 fully saturated rings. The Morgan fingerprint density at radius 3 is 2.52 bits per heavy atom. The Kier molecular flexibility index (Phi) is 6.07. The highest BCUT2D eigenvalue weighted by molar-refractivity contribution is 5.81. The van der Waals surface area contributed by atoms with Crippen LogP contribution in [-0.4, -0.2) is 48.4 Å². The van der Waals surface area contributed by atoms with Gasteiger partial charge in [-0.05, 0) is 74.8 Å². The van der Waals surface area contributed by atoms with E-state index < -0.39 is 6.04 Å². The molecule has 2 unspecified atom stereocenters. The zero-order valence-electron chi connectivity index (χ0n) is 15.2. The van der Waals surface area contributed by atoms with Crippen LogP contribution < -0.4 is 5.73 Å². The molecule has 0 aromatic heterocycles. The van der Waals surface area contributed by atoms with Crippen molar-refractivity contribution in [3.63, 3.8) is 0 Å². The van der Waals surface area contributed by atoms with E-state index in [-0.39, 0.29) is 11.7 Å². The third-order valence-electron chi connectivity index (χ3n) is 5.76. The number of primary amides is 1. The molecule has 2 atom stereocenters. The molecule has 1 amide bonds. The van der Waals surface area contributed by atoms with Gasteiger partial charge in [0.25, 0.3) is 0 Å². The van der Waals surface area contributed by atoms with Crippen LogP contribution in [0.3, 0.4) is 0 Å². The fourth-order valence-electron chi connectivity index (χ4n) is 4.29. The first-order valence-corrected chi connectivity index (χ1v) is 9.54. The van der Waals surface area contributed by atoms with Crippen LogP contribution >= 0.6 is 0 Å². The van der Waals surface area contributed by atoms with Crippen LogP contribution in [0.5, 0.6) is 0 Å². The normalized spacial score (nSPS) is 25.0. The first-order chi connectivity index (χ1) is 12.0. The summed E-state index contributed by atoms with van der Waals surface area (Å²) in [4.78, 5) is 16.9. The number of hydrogen-bond acceptors (Lipinski definition) is 3. The number of rotatable bonds is 5. The maximum Gasteiger partial charge on any atom is 0.239 e. The summed E-state index contributed by atoms with van der Waals surface area (Å²) in [7, 11) is 0. The van der Waals surface area contributed by atoms with Crippen LogP contribution in [0.25, 0.3) is 0 Å². The van der Waals surface area contributed by atoms with E-state index in [0.717, 1.165) is 37.5 Å². The zero-order chi connectivity index (χ0) is 17.8. The van der Waals surface area contributed by atoms with Crippen molar-refractivity contribution in [2.24, 2.45) is 17.6 Å². The van der Waals surface area contributed by atoms with Crippen LogP contribution in [0.1, 0.15) is 44.2 Å². The fraction of sp³-hybridized carbons (Fsp3) is 0.650. The number of likely N-dealkylation sites (tertiary alicyclic amines) is 2. The lowest BCUT2D eigenvalue weighted by Crippen LogP contribution is -2.47. The summed E-state index contributed by atoms with van der Waals surface area (Å²) >= 11 is 0. The lowest BCUT2D eigenvalue weighted by Gasteiger charge is -2.40. The molecule has 2 heterocycles. The molecule has 0 bridgehead atoms. The van der Waals surface area contributed by atoms with E-state index in [1.165, 1.54) is 44.5 Å². The molecule has 1 aromatic carbocycles. The molecule has 2 aliphatic heterocycles. The third kappa shape index (κ3) is 4.79. The Balaban J connectivity index is 1.64. The number of nitrogens with zero attached hydrogens (tertiary/aromatic N) is 2. The Bertz CT molecular complexity index is 569. The Morgan fingerprint density at radius 1 is 1.20 bits per heavy atom. The molecule has 1 aromatic rings. The summed E-state index contributed by atoms with van der Waals surface area (Å²) in [5.74, 6) is 0.781. The average Bonchev–Trinajstić information content (AvgIpc) is 2.59. The van der Waals surface area contributed by atoms with E-state index in [1.54, 1.807) is 12.1 Å². The highest BCUT2D eigenvalue weighted by Gasteiger charge is 2.31. The zero-order valence-corrected chi connectivity index (χ0v) is 15.2. The van der Waals surface area contributed by atoms with Crippen LogP contribution in [0, 0.1) is 17.7 Å². The minimum absolute atomic E-state index is 0.289. The molecule has 5 heteroatoms. The van der Waals surface area contributed by atoms with Crippen molar-refractivity contribution in [2.75, 3.05) is 32.7 Å². The predicted molar refractivity (Wildman–Crippen MR) is 97.5 cm³/mol. The molecule has 0 spiro atoms. The standard InChI is InChI=1S/C20H30FN3O/c1-15-8-11-23(12-9-15)13-16-3-2-10-24(14-16)19(20(22)25)17-4-6-18(21)7-5-17/h4-7,15-16,19H,2-3,8-14H2,1H3,(H2,22,25). The fourth-order valence-corrected chi connectivity index (χ4v) is 4.29. The smallest absolute Gasteiger partial charge is 0.239 e. The highest BCUT2D eigenvalue weighted by atomic mass is 19.1. The SMILES string of the molecule is CC1CCN(CC2CCCN(C(C(N)=O)c3ccc(F)cc3)C2)CC1. The summed E-state index contributed by atoms with van der Waals surface area (Å²) in [5.41, 5.74) is 6.49. The minimum atomic E-state index is -0.454. The van der Waals surface area contributed by atoms with Gasteiger partial charge in [-0.15, -0.1) is 0 Å². The second kappa shape index (κ2) is 8.28. The van der Waals surface area contributed by atoms with E-state index in [2.05, 4.69) is 16.7 Å². The first-order valence-electron chi connectivity index (χ1n) is 9.54. The summed E-state index contributed by atoms with van der Waals surface area (Å²) in [6, 6.07) is 5.72. The van der Waals surface area contributed by atoms with Crippen molar-refractivity contribution in [2.45, 2.75) is 38.6 Å². The van der Waals surface area contributed by atoms with Crippen LogP contribution in [-0.2, 0) is 4.79 Å². The van der Waals surface area contributed by atoms with Gasteiger partial charge in [-0.1, -0.05) is 19.1 Å². The van der Waals surface area contributed by atoms with E-state index in [4.69, 9.17) is 5.73 Å². The van der Waals surface area contributed by atoms with Crippen molar-refractivity contribution in [3.8, 4) is 0 Å². The van der Waals surface area contributed by atoms with Gasteiger partial charge in [0.1, 0.15) is 11.9 Å². The van der Waals surface area contributed by atoms with Gasteiger partial charge < -0.3 is 10.6 Å². The van der Waals surface area contributed by atoms with Crippen molar-refractivity contribution in [3.05, 3.63) is 35.6 Å². The highest BCUT2D eigenvalue weighted by Crippen LogP contribution is 2.28. The molecule has 138 valence electrons. The van der Waals surface area contributed by atoms with Gasteiger partial charge in [-0.2, -0.15) is 0 Å². The molecular formula is C20H30FN3O. The Hall–Kier alpha value is -1.46. The number of amides is 1. The average molecular weight is 347 g/mol. The molecule has 0 radical (unpaired) electrons. The van der Waals surface area contributed by atoms with E-state index in [9.17, 15) is 9.18 Å². The monoisotopic (exact) mass is 347 g/mol. The van der Waals surface area contributed by atoms with Gasteiger partial charge in [0.2, 0.25) is 5.91 Å². The van der Waals surface area contributed by atoms with Gasteiger partial charge in [0.05, 0.1) is 0 Å². The maximum absolute atomic E-state index is 13.2. The number of halogens is 1. The lowest BCUT2D eigenvalue weighted by atomic mass is 9.92. The molecular weight excluding hydrogens is 317 g/mol. The summed E-state index contributed by atoms with van der Waals surface area (Å²) in [6.07, 6.45) is 4.86. The number of carbonyl (C=O) groups is 1. The molecule has 4 nitrogen and oxygen atoms in total. The van der Waals surface area contributed by atoms with E-state index >= 15 is 0 Å². The number of benzene rings is 1. The van der Waals surface area contributed by atoms with Crippen LogP contribution in [0.15, 0.2) is 24.3 Å². The Morgan fingerprint density at radius 2 is 1.88 bits per heavy atom. The second-order valence-corrected chi connectivity index (χ2v) is 7.84. The second-order valence-electron chi connectivity index (χ2n) is 7.84. The third-order valence-corrected chi connectivity index (χ3v) is 5.76. The van der Waals surface area contributed by atoms with Gasteiger partial charge >= 0.3 is 0 Å². The quantitative estimate of drug-likeness (QED) is 0.891. The molecule has 2 saturated heterocycles. The molecule has 25 heavy (non-hydrogen) atoms. The van der Waals surface area contributed by atoms with Crippen molar-refractivity contribution < 1.29 is 9.18 Å². The number of piperidine rings is 2. The largest absolute Gasteiger partial charge is 0.368 e. The topological polar surface area (TPSA) is 49.6 Å². The van der Waals surface area contributed by atoms with Gasteiger partial charge in [0.15, 0.2) is 0 Å². The summed E-state index contributed by atoms with van der Waals surface area (Å²) < 4.78 is 13.2. The van der Waals surface area contributed by atoms with Crippen molar-refractivity contribution in [1.82, 2.24) is 9.80 Å². The van der Waals surface area contributed by atoms with Crippen molar-refractivity contribution >= 4 is 5.91 Å². The molecule has 0 saturated carbocycles. The predicted octanol–water partition coefficient (Wildman–Crippen LogP) is 2.80. The molecule has 2 N–H and O–H groups in total. The summed E-state index contributed by atoms with van der Waals surface area (Å²) in [5, 5.41) is 0. The number of carbonyl (C=O) groups excluding carboxylic acids is 1. The van der Waals surface area contributed by atoms with Gasteiger partial charge in [-0.25, -0.2) is 4.39 Å². The number of hydrogen-bond donors (Lipinski definition) is 1. The van der Waals surface area contributed by atoms with Crippen LogP contribution in [0.2, 0.25) is 0 Å². The maximum atomic E-state index is 13.2. The molecule has 3 rings (SSSR count). The van der Waals surface area contributed by atoms with Crippen molar-refractivity contribution in [1.29, 1.82) is 0 Å². The Labute approximate surface area is 150 Å². The van der Waals surface area contributed by atoms with E-state index in [1.807, 2.05) is 0 Å². The molecule has 2 aliphatic rings. The van der Waals surface area contributed by atoms with E-state index in [0.29, 0.717) is 5.92 Å². The van der Waals surface area contributed by atoms with Gasteiger partial charge in [-0.3, -0.25) is 9.69 Å². The molecule has 0 aliphatic carbocycles. The first kappa shape index (κ1) is 18.3.